The number of rotatable bonds is 7. The third kappa shape index (κ3) is 4.41. The zero-order valence-corrected chi connectivity index (χ0v) is 17.3. The maximum atomic E-state index is 5.99. The second kappa shape index (κ2) is 8.63. The number of thioether (sulfide) groups is 1. The van der Waals surface area contributed by atoms with Crippen LogP contribution in [0.4, 0.5) is 0 Å². The maximum Gasteiger partial charge on any atom is 0.237 e. The highest BCUT2D eigenvalue weighted by molar-refractivity contribution is 7.98. The standard InChI is InChI=1S/C21H18ClN5OS/c1-3-12-27-20(16-8-10-17(22)11-9-16)24-25-21(27)29-13-18-23-19(26-28-18)15-6-4-14(2)5-7-15/h3-11H,1,12-13H2,2H3. The van der Waals surface area contributed by atoms with Gasteiger partial charge in [-0.15, -0.1) is 16.8 Å². The molecule has 0 amide bonds. The molecule has 0 N–H and O–H groups in total. The molecule has 29 heavy (non-hydrogen) atoms. The summed E-state index contributed by atoms with van der Waals surface area (Å²) in [6.07, 6.45) is 1.81. The van der Waals surface area contributed by atoms with E-state index in [0.29, 0.717) is 29.0 Å². The van der Waals surface area contributed by atoms with Crippen LogP contribution in [-0.4, -0.2) is 24.9 Å². The van der Waals surface area contributed by atoms with E-state index in [9.17, 15) is 0 Å². The molecule has 2 aromatic heterocycles. The Hall–Kier alpha value is -2.90. The van der Waals surface area contributed by atoms with Crippen LogP contribution in [0.25, 0.3) is 22.8 Å². The van der Waals surface area contributed by atoms with Gasteiger partial charge in [-0.1, -0.05) is 64.4 Å². The Bertz CT molecular complexity index is 1120. The molecule has 0 atom stereocenters. The van der Waals surface area contributed by atoms with Gasteiger partial charge in [0.15, 0.2) is 11.0 Å². The minimum Gasteiger partial charge on any atom is -0.338 e. The molecule has 2 aromatic carbocycles. The summed E-state index contributed by atoms with van der Waals surface area (Å²) in [6, 6.07) is 15.5. The molecule has 0 unspecified atom stereocenters. The first-order valence-corrected chi connectivity index (χ1v) is 10.3. The van der Waals surface area contributed by atoms with Gasteiger partial charge in [-0.3, -0.25) is 4.57 Å². The van der Waals surface area contributed by atoms with Crippen LogP contribution in [0.3, 0.4) is 0 Å². The Morgan fingerprint density at radius 3 is 2.52 bits per heavy atom. The van der Waals surface area contributed by atoms with E-state index in [1.807, 2.05) is 66.1 Å². The third-order valence-electron chi connectivity index (χ3n) is 4.23. The molecule has 0 bridgehead atoms. The first kappa shape index (κ1) is 19.4. The summed E-state index contributed by atoms with van der Waals surface area (Å²) in [6.45, 7) is 6.47. The van der Waals surface area contributed by atoms with E-state index in [1.54, 1.807) is 0 Å². The fourth-order valence-electron chi connectivity index (χ4n) is 2.76. The third-order valence-corrected chi connectivity index (χ3v) is 5.44. The molecule has 0 fully saturated rings. The molecule has 4 aromatic rings. The molecule has 0 saturated carbocycles. The summed E-state index contributed by atoms with van der Waals surface area (Å²) >= 11 is 7.48. The van der Waals surface area contributed by atoms with Crippen LogP contribution in [0, 0.1) is 6.92 Å². The van der Waals surface area contributed by atoms with Crippen LogP contribution >= 0.6 is 23.4 Å². The van der Waals surface area contributed by atoms with Crippen LogP contribution in [0.5, 0.6) is 0 Å². The number of allylic oxidation sites excluding steroid dienone is 1. The van der Waals surface area contributed by atoms with Crippen molar-refractivity contribution in [3.8, 4) is 22.8 Å². The minimum absolute atomic E-state index is 0.495. The molecule has 6 nitrogen and oxygen atoms in total. The average Bonchev–Trinajstić information content (AvgIpc) is 3.35. The summed E-state index contributed by atoms with van der Waals surface area (Å²) in [4.78, 5) is 4.48. The number of halogens is 1. The molecule has 0 spiro atoms. The van der Waals surface area contributed by atoms with E-state index in [1.165, 1.54) is 17.3 Å². The number of aromatic nitrogens is 5. The highest BCUT2D eigenvalue weighted by Crippen LogP contribution is 2.27. The van der Waals surface area contributed by atoms with Gasteiger partial charge >= 0.3 is 0 Å². The van der Waals surface area contributed by atoms with Gasteiger partial charge in [0.05, 0.1) is 5.75 Å². The van der Waals surface area contributed by atoms with Crippen molar-refractivity contribution in [3.05, 3.63) is 77.7 Å². The largest absolute Gasteiger partial charge is 0.338 e. The molecule has 8 heteroatoms. The number of nitrogens with zero attached hydrogens (tertiary/aromatic N) is 5. The van der Waals surface area contributed by atoms with Crippen LogP contribution < -0.4 is 0 Å². The summed E-state index contributed by atoms with van der Waals surface area (Å²) < 4.78 is 7.40. The highest BCUT2D eigenvalue weighted by Gasteiger charge is 2.16. The number of benzene rings is 2. The Balaban J connectivity index is 1.52. The van der Waals surface area contributed by atoms with Gasteiger partial charge in [0.25, 0.3) is 0 Å². The SMILES string of the molecule is C=CCn1c(SCc2nc(-c3ccc(C)cc3)no2)nnc1-c1ccc(Cl)cc1. The van der Waals surface area contributed by atoms with E-state index >= 15 is 0 Å². The number of hydrogen-bond acceptors (Lipinski definition) is 6. The molecule has 0 saturated heterocycles. The predicted octanol–water partition coefficient (Wildman–Crippen LogP) is 5.44. The van der Waals surface area contributed by atoms with E-state index in [4.69, 9.17) is 16.1 Å². The smallest absolute Gasteiger partial charge is 0.237 e. The van der Waals surface area contributed by atoms with Gasteiger partial charge in [0, 0.05) is 22.7 Å². The lowest BCUT2D eigenvalue weighted by Gasteiger charge is -2.07. The van der Waals surface area contributed by atoms with Gasteiger partial charge in [-0.2, -0.15) is 4.98 Å². The van der Waals surface area contributed by atoms with Crippen molar-refractivity contribution in [3.63, 3.8) is 0 Å². The number of hydrogen-bond donors (Lipinski definition) is 0. The fourth-order valence-corrected chi connectivity index (χ4v) is 3.67. The monoisotopic (exact) mass is 423 g/mol. The van der Waals surface area contributed by atoms with Gasteiger partial charge < -0.3 is 4.52 Å². The molecular weight excluding hydrogens is 406 g/mol. The number of aryl methyl sites for hydroxylation is 1. The molecule has 0 radical (unpaired) electrons. The average molecular weight is 424 g/mol. The molecule has 0 aliphatic heterocycles. The van der Waals surface area contributed by atoms with Crippen LogP contribution in [0.1, 0.15) is 11.5 Å². The lowest BCUT2D eigenvalue weighted by atomic mass is 10.1. The van der Waals surface area contributed by atoms with E-state index < -0.39 is 0 Å². The highest BCUT2D eigenvalue weighted by atomic mass is 35.5. The second-order valence-electron chi connectivity index (χ2n) is 6.38. The zero-order chi connectivity index (χ0) is 20.2. The predicted molar refractivity (Wildman–Crippen MR) is 115 cm³/mol. The van der Waals surface area contributed by atoms with Gasteiger partial charge in [-0.25, -0.2) is 0 Å². The molecular formula is C21H18ClN5OS. The lowest BCUT2D eigenvalue weighted by Crippen LogP contribution is -2.00. The minimum atomic E-state index is 0.495. The van der Waals surface area contributed by atoms with Crippen LogP contribution in [-0.2, 0) is 12.3 Å². The molecule has 146 valence electrons. The van der Waals surface area contributed by atoms with Crippen LogP contribution in [0.2, 0.25) is 5.02 Å². The van der Waals surface area contributed by atoms with Crippen molar-refractivity contribution >= 4 is 23.4 Å². The van der Waals surface area contributed by atoms with E-state index in [0.717, 1.165) is 22.1 Å². The van der Waals surface area contributed by atoms with Gasteiger partial charge in [0.1, 0.15) is 0 Å². The normalized spacial score (nSPS) is 11.0. The Morgan fingerprint density at radius 1 is 1.07 bits per heavy atom. The first-order valence-electron chi connectivity index (χ1n) is 8.96. The Labute approximate surface area is 177 Å². The fraction of sp³-hybridized carbons (Fsp3) is 0.143. The molecule has 2 heterocycles. The van der Waals surface area contributed by atoms with Crippen molar-refractivity contribution in [1.29, 1.82) is 0 Å². The first-order chi connectivity index (χ1) is 14.1. The van der Waals surface area contributed by atoms with Crippen molar-refractivity contribution in [1.82, 2.24) is 24.9 Å². The van der Waals surface area contributed by atoms with Gasteiger partial charge in [-0.05, 0) is 31.2 Å². The van der Waals surface area contributed by atoms with Crippen molar-refractivity contribution in [2.24, 2.45) is 0 Å². The molecule has 4 rings (SSSR count). The maximum absolute atomic E-state index is 5.99. The van der Waals surface area contributed by atoms with Crippen molar-refractivity contribution in [2.45, 2.75) is 24.4 Å². The quantitative estimate of drug-likeness (QED) is 0.291. The lowest BCUT2D eigenvalue weighted by molar-refractivity contribution is 0.391. The van der Waals surface area contributed by atoms with Crippen LogP contribution in [0.15, 0.2) is 70.9 Å². The summed E-state index contributed by atoms with van der Waals surface area (Å²) in [7, 11) is 0. The molecule has 0 aliphatic carbocycles. The summed E-state index contributed by atoms with van der Waals surface area (Å²) in [5.74, 6) is 2.37. The summed E-state index contributed by atoms with van der Waals surface area (Å²) in [5, 5.41) is 14.2. The molecule has 0 aliphatic rings. The van der Waals surface area contributed by atoms with Gasteiger partial charge in [0.2, 0.25) is 11.7 Å². The van der Waals surface area contributed by atoms with Crippen molar-refractivity contribution < 1.29 is 4.52 Å². The Morgan fingerprint density at radius 2 is 1.79 bits per heavy atom. The second-order valence-corrected chi connectivity index (χ2v) is 7.76. The van der Waals surface area contributed by atoms with E-state index in [2.05, 4.69) is 26.9 Å². The van der Waals surface area contributed by atoms with E-state index in [-0.39, 0.29) is 0 Å². The zero-order valence-electron chi connectivity index (χ0n) is 15.7. The summed E-state index contributed by atoms with van der Waals surface area (Å²) in [5.41, 5.74) is 3.05. The Kier molecular flexibility index (Phi) is 5.78. The van der Waals surface area contributed by atoms with Crippen molar-refractivity contribution in [2.75, 3.05) is 0 Å². The topological polar surface area (TPSA) is 69.6 Å².